The van der Waals surface area contributed by atoms with Crippen molar-refractivity contribution >= 4 is 0 Å². The third-order valence-corrected chi connectivity index (χ3v) is 2.32. The molecule has 0 saturated carbocycles. The summed E-state index contributed by atoms with van der Waals surface area (Å²) in [5.74, 6) is 0. The first-order valence-electron chi connectivity index (χ1n) is 4.13. The zero-order valence-electron chi connectivity index (χ0n) is 7.40. The predicted octanol–water partition coefficient (Wildman–Crippen LogP) is -0.732. The molecule has 1 heterocycles. The van der Waals surface area contributed by atoms with Gasteiger partial charge in [-0.05, 0) is 13.8 Å². The van der Waals surface area contributed by atoms with Crippen molar-refractivity contribution in [2.45, 2.75) is 44.2 Å². The van der Waals surface area contributed by atoms with Crippen LogP contribution in [0.25, 0.3) is 0 Å². The monoisotopic (exact) mass is 176 g/mol. The molecule has 0 aliphatic carbocycles. The lowest BCUT2D eigenvalue weighted by Crippen LogP contribution is -2.53. The topological polar surface area (TPSA) is 69.9 Å². The van der Waals surface area contributed by atoms with Gasteiger partial charge in [-0.2, -0.15) is 0 Å². The van der Waals surface area contributed by atoms with E-state index < -0.39 is 23.9 Å². The number of aliphatic hydroxyl groups excluding tert-OH is 3. The van der Waals surface area contributed by atoms with Crippen molar-refractivity contribution < 1.29 is 20.1 Å². The molecule has 0 amide bonds. The molecule has 1 saturated heterocycles. The molecule has 0 radical (unpaired) electrons. The van der Waals surface area contributed by atoms with E-state index in [1.165, 1.54) is 0 Å². The first-order chi connectivity index (χ1) is 5.48. The van der Waals surface area contributed by atoms with Gasteiger partial charge in [-0.1, -0.05) is 0 Å². The minimum Gasteiger partial charge on any atom is -0.393 e. The molecule has 3 N–H and O–H groups in total. The summed E-state index contributed by atoms with van der Waals surface area (Å²) in [6, 6.07) is 0. The molecule has 1 aliphatic heterocycles. The summed E-state index contributed by atoms with van der Waals surface area (Å²) in [5, 5.41) is 27.6. The molecular formula is C8H16O4. The van der Waals surface area contributed by atoms with Crippen molar-refractivity contribution in [3.8, 4) is 0 Å². The van der Waals surface area contributed by atoms with Crippen LogP contribution in [-0.4, -0.2) is 45.8 Å². The van der Waals surface area contributed by atoms with E-state index in [-0.39, 0.29) is 13.0 Å². The Morgan fingerprint density at radius 2 is 2.08 bits per heavy atom. The average molecular weight is 176 g/mol. The Bertz CT molecular complexity index is 147. The Kier molecular flexibility index (Phi) is 2.73. The van der Waals surface area contributed by atoms with Crippen LogP contribution < -0.4 is 0 Å². The molecule has 12 heavy (non-hydrogen) atoms. The highest BCUT2D eigenvalue weighted by Gasteiger charge is 2.40. The molecular weight excluding hydrogens is 160 g/mol. The van der Waals surface area contributed by atoms with Gasteiger partial charge in [0.2, 0.25) is 0 Å². The average Bonchev–Trinajstić information content (AvgIpc) is 2.00. The molecule has 3 unspecified atom stereocenters. The van der Waals surface area contributed by atoms with Gasteiger partial charge in [0.05, 0.1) is 24.4 Å². The Hall–Kier alpha value is -0.160. The van der Waals surface area contributed by atoms with E-state index in [0.29, 0.717) is 0 Å². The van der Waals surface area contributed by atoms with E-state index in [4.69, 9.17) is 9.84 Å². The van der Waals surface area contributed by atoms with Crippen LogP contribution >= 0.6 is 0 Å². The minimum absolute atomic E-state index is 0.138. The van der Waals surface area contributed by atoms with Crippen LogP contribution in [0.4, 0.5) is 0 Å². The van der Waals surface area contributed by atoms with E-state index in [2.05, 4.69) is 0 Å². The summed E-state index contributed by atoms with van der Waals surface area (Å²) in [7, 11) is 0. The van der Waals surface area contributed by atoms with E-state index in [1.807, 2.05) is 0 Å². The maximum absolute atomic E-state index is 9.37. The largest absolute Gasteiger partial charge is 0.393 e. The third-order valence-electron chi connectivity index (χ3n) is 2.32. The fourth-order valence-corrected chi connectivity index (χ4v) is 1.54. The molecule has 1 fully saturated rings. The normalized spacial score (nSPS) is 49.2. The molecule has 4 atom stereocenters. The number of hydrogen-bond acceptors (Lipinski definition) is 4. The molecule has 0 bridgehead atoms. The molecule has 0 aromatic heterocycles. The molecule has 1 rings (SSSR count). The highest BCUT2D eigenvalue weighted by Crippen LogP contribution is 2.28. The van der Waals surface area contributed by atoms with Gasteiger partial charge < -0.3 is 20.1 Å². The molecule has 72 valence electrons. The summed E-state index contributed by atoms with van der Waals surface area (Å²) < 4.78 is 5.35. The van der Waals surface area contributed by atoms with E-state index in [0.717, 1.165) is 0 Å². The number of aliphatic hydroxyl groups is 3. The van der Waals surface area contributed by atoms with Gasteiger partial charge in [0.1, 0.15) is 6.10 Å². The summed E-state index contributed by atoms with van der Waals surface area (Å²) in [4.78, 5) is 0. The van der Waals surface area contributed by atoms with Crippen LogP contribution in [0.15, 0.2) is 0 Å². The van der Waals surface area contributed by atoms with Crippen molar-refractivity contribution in [3.63, 3.8) is 0 Å². The quantitative estimate of drug-likeness (QED) is 0.492. The second-order valence-electron chi connectivity index (χ2n) is 3.69. The second kappa shape index (κ2) is 3.30. The second-order valence-corrected chi connectivity index (χ2v) is 3.69. The highest BCUT2D eigenvalue weighted by molar-refractivity contribution is 4.90. The smallest absolute Gasteiger partial charge is 0.106 e. The van der Waals surface area contributed by atoms with Gasteiger partial charge in [0, 0.05) is 6.42 Å². The van der Waals surface area contributed by atoms with Gasteiger partial charge >= 0.3 is 0 Å². The molecule has 1 aliphatic rings. The molecule has 0 aromatic carbocycles. The Balaban J connectivity index is 2.65. The lowest BCUT2D eigenvalue weighted by atomic mass is 9.90. The van der Waals surface area contributed by atoms with Crippen LogP contribution in [0, 0.1) is 0 Å². The van der Waals surface area contributed by atoms with Crippen LogP contribution in [-0.2, 0) is 4.74 Å². The fraction of sp³-hybridized carbons (Fsp3) is 1.00. The number of hydrogen-bond donors (Lipinski definition) is 3. The standard InChI is InChI=1S/C8H16O4/c1-5-7(11)6(10)3-8(2,4-9)12-5/h5-7,9-11H,3-4H2,1-2H3/t5-,6?,7?,8?/m0/s1. The minimum atomic E-state index is -0.843. The third kappa shape index (κ3) is 1.77. The van der Waals surface area contributed by atoms with Gasteiger partial charge in [-0.15, -0.1) is 0 Å². The van der Waals surface area contributed by atoms with Gasteiger partial charge in [0.25, 0.3) is 0 Å². The zero-order chi connectivity index (χ0) is 9.35. The van der Waals surface area contributed by atoms with Crippen LogP contribution in [0.3, 0.4) is 0 Å². The maximum Gasteiger partial charge on any atom is 0.106 e. The SMILES string of the molecule is C[C@@H]1OC(C)(CO)CC(O)C1O. The Morgan fingerprint density at radius 1 is 1.50 bits per heavy atom. The van der Waals surface area contributed by atoms with Gasteiger partial charge in [0.15, 0.2) is 0 Å². The molecule has 4 nitrogen and oxygen atoms in total. The van der Waals surface area contributed by atoms with E-state index >= 15 is 0 Å². The Labute approximate surface area is 71.8 Å². The number of rotatable bonds is 1. The van der Waals surface area contributed by atoms with Crippen molar-refractivity contribution in [3.05, 3.63) is 0 Å². The van der Waals surface area contributed by atoms with Crippen LogP contribution in [0.2, 0.25) is 0 Å². The van der Waals surface area contributed by atoms with Crippen molar-refractivity contribution in [2.24, 2.45) is 0 Å². The van der Waals surface area contributed by atoms with Crippen molar-refractivity contribution in [2.75, 3.05) is 6.61 Å². The fourth-order valence-electron chi connectivity index (χ4n) is 1.54. The molecule has 4 heteroatoms. The van der Waals surface area contributed by atoms with Crippen LogP contribution in [0.1, 0.15) is 20.3 Å². The summed E-state index contributed by atoms with van der Waals surface area (Å²) in [5.41, 5.74) is -0.710. The molecule has 0 spiro atoms. The summed E-state index contributed by atoms with van der Waals surface area (Å²) >= 11 is 0. The van der Waals surface area contributed by atoms with Gasteiger partial charge in [-0.3, -0.25) is 0 Å². The van der Waals surface area contributed by atoms with Crippen molar-refractivity contribution in [1.82, 2.24) is 0 Å². The molecule has 0 aromatic rings. The maximum atomic E-state index is 9.37. The lowest BCUT2D eigenvalue weighted by Gasteiger charge is -2.41. The lowest BCUT2D eigenvalue weighted by molar-refractivity contribution is -0.213. The highest BCUT2D eigenvalue weighted by atomic mass is 16.5. The number of ether oxygens (including phenoxy) is 1. The summed E-state index contributed by atoms with van der Waals surface area (Å²) in [6.07, 6.45) is -1.80. The van der Waals surface area contributed by atoms with Crippen molar-refractivity contribution in [1.29, 1.82) is 0 Å². The predicted molar refractivity (Wildman–Crippen MR) is 42.7 cm³/mol. The summed E-state index contributed by atoms with van der Waals surface area (Å²) in [6.45, 7) is 3.26. The van der Waals surface area contributed by atoms with E-state index in [1.54, 1.807) is 13.8 Å². The zero-order valence-corrected chi connectivity index (χ0v) is 7.40. The van der Waals surface area contributed by atoms with Crippen LogP contribution in [0.5, 0.6) is 0 Å². The van der Waals surface area contributed by atoms with E-state index in [9.17, 15) is 10.2 Å². The Morgan fingerprint density at radius 3 is 2.50 bits per heavy atom. The van der Waals surface area contributed by atoms with Gasteiger partial charge in [-0.25, -0.2) is 0 Å². The first kappa shape index (κ1) is 9.92. The first-order valence-corrected chi connectivity index (χ1v) is 4.13.